The number of methoxy groups -OCH3 is 1. The van der Waals surface area contributed by atoms with Crippen LogP contribution in [-0.2, 0) is 4.79 Å². The second-order valence-electron chi connectivity index (χ2n) is 8.27. The van der Waals surface area contributed by atoms with E-state index in [9.17, 15) is 4.79 Å². The van der Waals surface area contributed by atoms with Crippen molar-refractivity contribution in [2.24, 2.45) is 4.99 Å². The maximum absolute atomic E-state index is 13.7. The Hall–Kier alpha value is -3.13. The number of benzene rings is 3. The number of anilines is 1. The third-order valence-corrected chi connectivity index (χ3v) is 8.61. The molecule has 0 aliphatic carbocycles. The molecule has 0 saturated carbocycles. The zero-order valence-corrected chi connectivity index (χ0v) is 23.2. The zero-order chi connectivity index (χ0) is 25.9. The summed E-state index contributed by atoms with van der Waals surface area (Å²) in [7, 11) is 1.68. The number of aliphatic imine (C=N–C) groups is 1. The van der Waals surface area contributed by atoms with E-state index in [1.54, 1.807) is 29.8 Å². The molecule has 2 aliphatic heterocycles. The topological polar surface area (TPSA) is 45.1 Å². The van der Waals surface area contributed by atoms with E-state index in [4.69, 9.17) is 21.3 Å². The molecule has 0 atom stereocenters. The van der Waals surface area contributed by atoms with E-state index in [1.807, 2.05) is 61.5 Å². The van der Waals surface area contributed by atoms with Crippen LogP contribution in [0, 0.1) is 0 Å². The summed E-state index contributed by atoms with van der Waals surface area (Å²) in [4.78, 5) is 24.3. The Labute approximate surface area is 230 Å². The zero-order valence-electron chi connectivity index (χ0n) is 20.8. The van der Waals surface area contributed by atoms with Gasteiger partial charge in [-0.3, -0.25) is 9.69 Å². The average Bonchev–Trinajstić information content (AvgIpc) is 3.44. The summed E-state index contributed by atoms with van der Waals surface area (Å²) in [5.74, 6) is 0.768. The fourth-order valence-corrected chi connectivity index (χ4v) is 6.75. The molecule has 0 unspecified atom stereocenters. The van der Waals surface area contributed by atoms with Crippen LogP contribution in [0.1, 0.15) is 19.4 Å². The van der Waals surface area contributed by atoms with Crippen LogP contribution in [0.5, 0.6) is 5.75 Å². The molecule has 3 aromatic carbocycles. The minimum Gasteiger partial charge on any atom is -0.497 e. The molecule has 0 aromatic heterocycles. The number of hydrogen-bond donors (Lipinski definition) is 0. The number of para-hydroxylation sites is 1. The first-order chi connectivity index (χ1) is 18.0. The third kappa shape index (κ3) is 5.04. The van der Waals surface area contributed by atoms with E-state index in [2.05, 4.69) is 30.0 Å². The number of hydrogen-bond acceptors (Lipinski definition) is 6. The van der Waals surface area contributed by atoms with Crippen LogP contribution in [0.3, 0.4) is 0 Å². The van der Waals surface area contributed by atoms with Crippen molar-refractivity contribution in [3.63, 3.8) is 0 Å². The highest BCUT2D eigenvalue weighted by atomic mass is 35.5. The molecule has 5 rings (SSSR count). The highest BCUT2D eigenvalue weighted by Gasteiger charge is 2.35. The van der Waals surface area contributed by atoms with Gasteiger partial charge in [-0.15, -0.1) is 0 Å². The van der Waals surface area contributed by atoms with Gasteiger partial charge in [0.05, 0.1) is 33.4 Å². The summed E-state index contributed by atoms with van der Waals surface area (Å²) >= 11 is 9.46. The normalized spacial score (nSPS) is 18.6. The molecule has 37 heavy (non-hydrogen) atoms. The summed E-state index contributed by atoms with van der Waals surface area (Å²) in [6, 6.07) is 23.6. The predicted molar refractivity (Wildman–Crippen MR) is 157 cm³/mol. The molecule has 0 N–H and O–H groups in total. The van der Waals surface area contributed by atoms with Crippen LogP contribution < -0.4 is 9.64 Å². The first-order valence-corrected chi connectivity index (χ1v) is 14.0. The van der Waals surface area contributed by atoms with Crippen molar-refractivity contribution in [1.82, 2.24) is 4.90 Å². The number of thioether (sulfide) groups is 2. The lowest BCUT2D eigenvalue weighted by Gasteiger charge is -2.19. The SMILES string of the molecule is CCN1C(=O)/C(=C(\C=C2/Sc3cc(OC)ccc3N2CC)c2ccccc2)SC1=Nc1ccccc1Cl. The van der Waals surface area contributed by atoms with Gasteiger partial charge in [0.1, 0.15) is 5.75 Å². The molecule has 5 nitrogen and oxygen atoms in total. The highest BCUT2D eigenvalue weighted by molar-refractivity contribution is 8.18. The van der Waals surface area contributed by atoms with Crippen LogP contribution in [0.25, 0.3) is 5.57 Å². The quantitative estimate of drug-likeness (QED) is 0.294. The van der Waals surface area contributed by atoms with Crippen molar-refractivity contribution in [3.05, 3.63) is 99.4 Å². The van der Waals surface area contributed by atoms with Crippen molar-refractivity contribution in [1.29, 1.82) is 0 Å². The lowest BCUT2D eigenvalue weighted by atomic mass is 10.0. The number of ether oxygens (including phenoxy) is 1. The van der Waals surface area contributed by atoms with Crippen molar-refractivity contribution in [2.75, 3.05) is 25.1 Å². The van der Waals surface area contributed by atoms with Crippen LogP contribution in [0.15, 0.2) is 98.7 Å². The van der Waals surface area contributed by atoms with E-state index in [1.165, 1.54) is 11.8 Å². The van der Waals surface area contributed by atoms with E-state index in [-0.39, 0.29) is 5.91 Å². The lowest BCUT2D eigenvalue weighted by molar-refractivity contribution is -0.122. The van der Waals surface area contributed by atoms with Crippen LogP contribution in [-0.4, -0.2) is 36.2 Å². The van der Waals surface area contributed by atoms with Crippen LogP contribution in [0.4, 0.5) is 11.4 Å². The molecule has 1 amide bonds. The number of nitrogens with zero attached hydrogens (tertiary/aromatic N) is 3. The Balaban J connectivity index is 1.63. The van der Waals surface area contributed by atoms with Gasteiger partial charge in [0.25, 0.3) is 5.91 Å². The van der Waals surface area contributed by atoms with Crippen molar-refractivity contribution in [2.45, 2.75) is 18.7 Å². The number of fused-ring (bicyclic) bond motifs is 1. The standard InChI is InChI=1S/C29H26ClN3O2S2/c1-4-32-24-16-15-20(35-3)17-25(24)36-26(32)18-21(19-11-7-6-8-12-19)27-28(34)33(5-2)29(37-27)31-23-14-10-9-13-22(23)30/h6-18H,4-5H2,1-3H3/b26-18-,27-21-,31-29?. The molecular formula is C29H26ClN3O2S2. The Morgan fingerprint density at radius 3 is 2.41 bits per heavy atom. The first-order valence-electron chi connectivity index (χ1n) is 12.0. The van der Waals surface area contributed by atoms with Gasteiger partial charge in [-0.05, 0) is 67.6 Å². The molecule has 0 radical (unpaired) electrons. The predicted octanol–water partition coefficient (Wildman–Crippen LogP) is 7.82. The average molecular weight is 548 g/mol. The Bertz CT molecular complexity index is 1440. The van der Waals surface area contributed by atoms with Gasteiger partial charge in [0, 0.05) is 23.6 Å². The van der Waals surface area contributed by atoms with Gasteiger partial charge in [-0.25, -0.2) is 4.99 Å². The minimum atomic E-state index is -0.0563. The van der Waals surface area contributed by atoms with Crippen molar-refractivity contribution >= 4 is 63.1 Å². The van der Waals surface area contributed by atoms with Crippen LogP contribution >= 0.6 is 35.1 Å². The molecule has 188 valence electrons. The van der Waals surface area contributed by atoms with Gasteiger partial charge in [-0.2, -0.15) is 0 Å². The van der Waals surface area contributed by atoms with E-state index in [0.717, 1.165) is 39.0 Å². The van der Waals surface area contributed by atoms with E-state index < -0.39 is 0 Å². The maximum Gasteiger partial charge on any atom is 0.267 e. The fraction of sp³-hybridized carbons (Fsp3) is 0.172. The van der Waals surface area contributed by atoms with Crippen LogP contribution in [0.2, 0.25) is 5.02 Å². The smallest absolute Gasteiger partial charge is 0.267 e. The number of likely N-dealkylation sites (N-methyl/N-ethyl adjacent to an activating group) is 1. The second-order valence-corrected chi connectivity index (χ2v) is 10.7. The second kappa shape index (κ2) is 11.1. The monoisotopic (exact) mass is 547 g/mol. The number of allylic oxidation sites excluding steroid dienone is 2. The maximum atomic E-state index is 13.7. The molecule has 1 saturated heterocycles. The summed E-state index contributed by atoms with van der Waals surface area (Å²) in [5, 5.41) is 2.24. The van der Waals surface area contributed by atoms with Gasteiger partial charge in [0.2, 0.25) is 0 Å². The number of carbonyl (C=O) groups is 1. The van der Waals surface area contributed by atoms with Crippen molar-refractivity contribution in [3.8, 4) is 5.75 Å². The fourth-order valence-electron chi connectivity index (χ4n) is 4.24. The number of amidine groups is 1. The molecule has 3 aromatic rings. The number of halogens is 1. The Kier molecular flexibility index (Phi) is 7.65. The Morgan fingerprint density at radius 1 is 0.973 bits per heavy atom. The minimum absolute atomic E-state index is 0.0563. The Morgan fingerprint density at radius 2 is 1.70 bits per heavy atom. The van der Waals surface area contributed by atoms with Gasteiger partial charge in [0.15, 0.2) is 5.17 Å². The van der Waals surface area contributed by atoms with E-state index >= 15 is 0 Å². The summed E-state index contributed by atoms with van der Waals surface area (Å²) in [6.45, 7) is 5.40. The largest absolute Gasteiger partial charge is 0.497 e. The molecular weight excluding hydrogens is 522 g/mol. The third-order valence-electron chi connectivity index (χ3n) is 6.10. The summed E-state index contributed by atoms with van der Waals surface area (Å²) < 4.78 is 5.45. The summed E-state index contributed by atoms with van der Waals surface area (Å²) in [5.41, 5.74) is 3.63. The molecule has 8 heteroatoms. The first kappa shape index (κ1) is 25.5. The molecule has 0 spiro atoms. The van der Waals surface area contributed by atoms with Gasteiger partial charge in [-0.1, -0.05) is 65.8 Å². The van der Waals surface area contributed by atoms with E-state index in [0.29, 0.717) is 27.3 Å². The molecule has 0 bridgehead atoms. The summed E-state index contributed by atoms with van der Waals surface area (Å²) in [6.07, 6.45) is 2.13. The lowest BCUT2D eigenvalue weighted by Crippen LogP contribution is -2.28. The van der Waals surface area contributed by atoms with Crippen molar-refractivity contribution < 1.29 is 9.53 Å². The number of amides is 1. The molecule has 2 aliphatic rings. The number of rotatable bonds is 6. The molecule has 1 fully saturated rings. The highest BCUT2D eigenvalue weighted by Crippen LogP contribution is 2.49. The molecule has 2 heterocycles. The van der Waals surface area contributed by atoms with Gasteiger partial charge < -0.3 is 9.64 Å². The van der Waals surface area contributed by atoms with Gasteiger partial charge >= 0.3 is 0 Å². The number of carbonyl (C=O) groups excluding carboxylic acids is 1.